The Labute approximate surface area is 196 Å². The lowest BCUT2D eigenvalue weighted by atomic mass is 9.91. The van der Waals surface area contributed by atoms with Crippen LogP contribution in [0.5, 0.6) is 0 Å². The smallest absolute Gasteiger partial charge is 0.254 e. The molecule has 33 heavy (non-hydrogen) atoms. The highest BCUT2D eigenvalue weighted by atomic mass is 35.5. The molecule has 4 rings (SSSR count). The van der Waals surface area contributed by atoms with Gasteiger partial charge in [0.25, 0.3) is 5.91 Å². The quantitative estimate of drug-likeness (QED) is 0.666. The van der Waals surface area contributed by atoms with Crippen LogP contribution in [0, 0.1) is 11.7 Å². The van der Waals surface area contributed by atoms with Gasteiger partial charge in [-0.25, -0.2) is 12.8 Å². The molecule has 2 aromatic carbocycles. The Morgan fingerprint density at radius 1 is 1.21 bits per heavy atom. The first-order valence-corrected chi connectivity index (χ1v) is 12.9. The van der Waals surface area contributed by atoms with Crippen LogP contribution in [0.15, 0.2) is 47.4 Å². The lowest BCUT2D eigenvalue weighted by Crippen LogP contribution is -2.50. The highest BCUT2D eigenvalue weighted by molar-refractivity contribution is 7.90. The van der Waals surface area contributed by atoms with E-state index in [1.807, 2.05) is 0 Å². The van der Waals surface area contributed by atoms with E-state index in [2.05, 4.69) is 5.32 Å². The molecule has 2 heterocycles. The van der Waals surface area contributed by atoms with Crippen LogP contribution < -0.4 is 5.32 Å². The third-order valence-corrected chi connectivity index (χ3v) is 7.48. The molecule has 0 unspecified atom stereocenters. The fourth-order valence-corrected chi connectivity index (χ4v) is 4.97. The van der Waals surface area contributed by atoms with Gasteiger partial charge in [-0.1, -0.05) is 23.7 Å². The standard InChI is InChI=1S/C23H24ClFN2O5S/c1-33(30,31)17-5-2-4-15(10-17)23(29)27-9-3-6-20(27)22(28)26-21(16-12-32-13-16)14-7-8-18(24)19(25)11-14/h2,4-5,7-8,10-11,16,20-21H,3,6,9,12-13H2,1H3,(H,26,28)/t20-,21+/m1/s1. The van der Waals surface area contributed by atoms with Gasteiger partial charge < -0.3 is 15.0 Å². The number of ether oxygens (including phenoxy) is 1. The maximum Gasteiger partial charge on any atom is 0.254 e. The van der Waals surface area contributed by atoms with Gasteiger partial charge in [0.15, 0.2) is 9.84 Å². The molecule has 176 valence electrons. The van der Waals surface area contributed by atoms with Crippen molar-refractivity contribution in [2.75, 3.05) is 26.0 Å². The van der Waals surface area contributed by atoms with E-state index >= 15 is 0 Å². The zero-order valence-electron chi connectivity index (χ0n) is 18.0. The number of carbonyl (C=O) groups is 2. The Bertz CT molecular complexity index is 1190. The second-order valence-electron chi connectivity index (χ2n) is 8.41. The molecule has 2 aliphatic rings. The van der Waals surface area contributed by atoms with E-state index in [4.69, 9.17) is 16.3 Å². The summed E-state index contributed by atoms with van der Waals surface area (Å²) in [6, 6.07) is 9.04. The van der Waals surface area contributed by atoms with Crippen molar-refractivity contribution >= 4 is 33.3 Å². The molecule has 0 spiro atoms. The van der Waals surface area contributed by atoms with Gasteiger partial charge in [-0.2, -0.15) is 0 Å². The van der Waals surface area contributed by atoms with Crippen LogP contribution in [-0.2, 0) is 19.4 Å². The van der Waals surface area contributed by atoms with Crippen molar-refractivity contribution in [1.82, 2.24) is 10.2 Å². The molecule has 0 aliphatic carbocycles. The number of halogens is 2. The van der Waals surface area contributed by atoms with Gasteiger partial charge in [-0.05, 0) is 48.7 Å². The van der Waals surface area contributed by atoms with E-state index in [1.165, 1.54) is 41.3 Å². The van der Waals surface area contributed by atoms with Crippen molar-refractivity contribution < 1.29 is 27.1 Å². The highest BCUT2D eigenvalue weighted by Gasteiger charge is 2.38. The summed E-state index contributed by atoms with van der Waals surface area (Å²) < 4.78 is 43.1. The molecule has 10 heteroatoms. The van der Waals surface area contributed by atoms with Crippen LogP contribution >= 0.6 is 11.6 Å². The molecule has 2 amide bonds. The van der Waals surface area contributed by atoms with Crippen LogP contribution in [0.4, 0.5) is 4.39 Å². The van der Waals surface area contributed by atoms with Crippen molar-refractivity contribution in [1.29, 1.82) is 0 Å². The van der Waals surface area contributed by atoms with Gasteiger partial charge in [0, 0.05) is 24.3 Å². The molecule has 0 aromatic heterocycles. The lowest BCUT2D eigenvalue weighted by molar-refractivity contribution is -0.128. The average molecular weight is 495 g/mol. The van der Waals surface area contributed by atoms with Gasteiger partial charge in [0.05, 0.1) is 29.2 Å². The molecule has 1 N–H and O–H groups in total. The fraction of sp³-hybridized carbons (Fsp3) is 0.391. The Morgan fingerprint density at radius 3 is 2.61 bits per heavy atom. The van der Waals surface area contributed by atoms with E-state index in [9.17, 15) is 22.4 Å². The third-order valence-electron chi connectivity index (χ3n) is 6.06. The number of hydrogen-bond donors (Lipinski definition) is 1. The number of rotatable bonds is 6. The molecule has 2 atom stereocenters. The summed E-state index contributed by atoms with van der Waals surface area (Å²) >= 11 is 5.80. The van der Waals surface area contributed by atoms with Crippen molar-refractivity contribution in [2.45, 2.75) is 29.8 Å². The van der Waals surface area contributed by atoms with Gasteiger partial charge >= 0.3 is 0 Å². The van der Waals surface area contributed by atoms with Crippen LogP contribution in [0.3, 0.4) is 0 Å². The van der Waals surface area contributed by atoms with E-state index in [-0.39, 0.29) is 27.3 Å². The largest absolute Gasteiger partial charge is 0.381 e. The minimum Gasteiger partial charge on any atom is -0.381 e. The third kappa shape index (κ3) is 5.05. The number of sulfone groups is 1. The topological polar surface area (TPSA) is 92.8 Å². The molecule has 0 radical (unpaired) electrons. The van der Waals surface area contributed by atoms with E-state index in [1.54, 1.807) is 6.07 Å². The Balaban J connectivity index is 1.54. The van der Waals surface area contributed by atoms with Crippen LogP contribution in [0.25, 0.3) is 0 Å². The molecule has 2 aromatic rings. The summed E-state index contributed by atoms with van der Waals surface area (Å²) in [5.74, 6) is -1.34. The predicted octanol–water partition coefficient (Wildman–Crippen LogP) is 2.99. The molecule has 2 aliphatic heterocycles. The molecular formula is C23H24ClFN2O5S. The van der Waals surface area contributed by atoms with E-state index < -0.39 is 33.6 Å². The SMILES string of the molecule is CS(=O)(=O)c1cccc(C(=O)N2CCC[C@@H]2C(=O)N[C@@H](c2ccc(Cl)c(F)c2)C2COC2)c1. The maximum absolute atomic E-state index is 14.1. The van der Waals surface area contributed by atoms with Crippen LogP contribution in [0.1, 0.15) is 34.8 Å². The molecule has 7 nitrogen and oxygen atoms in total. The Hall–Kier alpha value is -2.49. The van der Waals surface area contributed by atoms with Crippen LogP contribution in [0.2, 0.25) is 5.02 Å². The number of amides is 2. The van der Waals surface area contributed by atoms with Gasteiger partial charge in [-0.15, -0.1) is 0 Å². The second kappa shape index (κ2) is 9.40. The zero-order chi connectivity index (χ0) is 23.8. The molecular weight excluding hydrogens is 471 g/mol. The number of hydrogen-bond acceptors (Lipinski definition) is 5. The fourth-order valence-electron chi connectivity index (χ4n) is 4.18. The minimum atomic E-state index is -3.47. The van der Waals surface area contributed by atoms with Crippen molar-refractivity contribution in [3.05, 3.63) is 64.4 Å². The summed E-state index contributed by atoms with van der Waals surface area (Å²) in [5, 5.41) is 2.98. The molecule has 2 saturated heterocycles. The number of carbonyl (C=O) groups excluding carboxylic acids is 2. The molecule has 2 fully saturated rings. The summed E-state index contributed by atoms with van der Waals surface area (Å²) in [6.45, 7) is 1.24. The van der Waals surface area contributed by atoms with Gasteiger partial charge in [0.1, 0.15) is 11.9 Å². The number of nitrogens with zero attached hydrogens (tertiary/aromatic N) is 1. The lowest BCUT2D eigenvalue weighted by Gasteiger charge is -2.36. The normalized spacial score (nSPS) is 19.7. The summed E-state index contributed by atoms with van der Waals surface area (Å²) in [5.41, 5.74) is 0.789. The summed E-state index contributed by atoms with van der Waals surface area (Å²) in [6.07, 6.45) is 2.20. The Morgan fingerprint density at radius 2 is 1.97 bits per heavy atom. The highest BCUT2D eigenvalue weighted by Crippen LogP contribution is 2.31. The maximum atomic E-state index is 14.1. The summed E-state index contributed by atoms with van der Waals surface area (Å²) in [4.78, 5) is 27.9. The van der Waals surface area contributed by atoms with E-state index in [0.29, 0.717) is 38.2 Å². The zero-order valence-corrected chi connectivity index (χ0v) is 19.5. The Kier molecular flexibility index (Phi) is 6.74. The molecule has 0 bridgehead atoms. The van der Waals surface area contributed by atoms with E-state index in [0.717, 1.165) is 6.26 Å². The second-order valence-corrected chi connectivity index (χ2v) is 10.8. The van der Waals surface area contributed by atoms with Crippen molar-refractivity contribution in [2.24, 2.45) is 5.92 Å². The number of benzene rings is 2. The molecule has 0 saturated carbocycles. The first-order valence-electron chi connectivity index (χ1n) is 10.6. The summed E-state index contributed by atoms with van der Waals surface area (Å²) in [7, 11) is -3.47. The van der Waals surface area contributed by atoms with Crippen molar-refractivity contribution in [3.63, 3.8) is 0 Å². The van der Waals surface area contributed by atoms with Gasteiger partial charge in [0.2, 0.25) is 5.91 Å². The predicted molar refractivity (Wildman–Crippen MR) is 120 cm³/mol. The minimum absolute atomic E-state index is 0.00225. The average Bonchev–Trinajstić information content (AvgIpc) is 3.23. The first-order chi connectivity index (χ1) is 15.6. The first kappa shape index (κ1) is 23.7. The van der Waals surface area contributed by atoms with Crippen molar-refractivity contribution in [3.8, 4) is 0 Å². The van der Waals surface area contributed by atoms with Crippen LogP contribution in [-0.4, -0.2) is 57.2 Å². The number of nitrogens with one attached hydrogen (secondary N) is 1. The van der Waals surface area contributed by atoms with Gasteiger partial charge in [-0.3, -0.25) is 9.59 Å². The monoisotopic (exact) mass is 494 g/mol. The number of likely N-dealkylation sites (tertiary alicyclic amines) is 1.